The number of carbonyl (C=O) groups is 3. The highest BCUT2D eigenvalue weighted by Gasteiger charge is 2.36. The number of phenols is 1. The standard InChI is InChI=1S/C16H17NO6S/c1-3-22-11-5-6-12(18)10(7-11)8-13-15(20)17(16(21)24-13)9-14(19)23-4-2/h5-8,18H,3-4,9H2,1-2H3/b13-8-. The molecule has 0 aromatic heterocycles. The Hall–Kier alpha value is -2.48. The Morgan fingerprint density at radius 2 is 2.04 bits per heavy atom. The molecule has 1 aliphatic rings. The summed E-state index contributed by atoms with van der Waals surface area (Å²) in [5, 5.41) is 9.35. The van der Waals surface area contributed by atoms with E-state index in [2.05, 4.69) is 0 Å². The zero-order chi connectivity index (χ0) is 17.7. The summed E-state index contributed by atoms with van der Waals surface area (Å²) in [6.07, 6.45) is 1.40. The molecule has 0 atom stereocenters. The number of esters is 1. The first-order valence-corrected chi connectivity index (χ1v) is 8.14. The van der Waals surface area contributed by atoms with E-state index in [0.717, 1.165) is 4.90 Å². The predicted octanol–water partition coefficient (Wildman–Crippen LogP) is 2.39. The van der Waals surface area contributed by atoms with Gasteiger partial charge in [0.1, 0.15) is 18.0 Å². The molecule has 0 radical (unpaired) electrons. The Kier molecular flexibility index (Phi) is 5.86. The predicted molar refractivity (Wildman–Crippen MR) is 88.6 cm³/mol. The van der Waals surface area contributed by atoms with Crippen LogP contribution in [0.3, 0.4) is 0 Å². The summed E-state index contributed by atoms with van der Waals surface area (Å²) in [4.78, 5) is 36.6. The molecule has 1 aromatic carbocycles. The maximum atomic E-state index is 12.3. The fourth-order valence-electron chi connectivity index (χ4n) is 2.02. The van der Waals surface area contributed by atoms with Gasteiger partial charge in [-0.15, -0.1) is 0 Å². The largest absolute Gasteiger partial charge is 0.507 e. The van der Waals surface area contributed by atoms with Crippen molar-refractivity contribution in [2.24, 2.45) is 0 Å². The van der Waals surface area contributed by atoms with E-state index in [1.807, 2.05) is 6.92 Å². The van der Waals surface area contributed by atoms with Gasteiger partial charge in [0.15, 0.2) is 0 Å². The lowest BCUT2D eigenvalue weighted by atomic mass is 10.1. The van der Waals surface area contributed by atoms with E-state index in [-0.39, 0.29) is 17.3 Å². The molecule has 0 saturated carbocycles. The van der Waals surface area contributed by atoms with Gasteiger partial charge in [-0.1, -0.05) is 0 Å². The maximum Gasteiger partial charge on any atom is 0.326 e. The monoisotopic (exact) mass is 351 g/mol. The number of rotatable bonds is 6. The van der Waals surface area contributed by atoms with E-state index in [4.69, 9.17) is 9.47 Å². The first-order chi connectivity index (χ1) is 11.5. The Labute approximate surface area is 143 Å². The zero-order valence-electron chi connectivity index (χ0n) is 13.3. The SMILES string of the molecule is CCOC(=O)CN1C(=O)S/C(=C\c2cc(OCC)ccc2O)C1=O. The third-order valence-corrected chi connectivity index (χ3v) is 3.97. The summed E-state index contributed by atoms with van der Waals surface area (Å²) in [6.45, 7) is 3.66. The van der Waals surface area contributed by atoms with E-state index in [1.54, 1.807) is 19.1 Å². The second-order valence-corrected chi connectivity index (χ2v) is 5.72. The highest BCUT2D eigenvalue weighted by molar-refractivity contribution is 8.18. The number of amides is 2. The van der Waals surface area contributed by atoms with Gasteiger partial charge in [0.05, 0.1) is 18.1 Å². The lowest BCUT2D eigenvalue weighted by Crippen LogP contribution is -2.34. The minimum absolute atomic E-state index is 0.0457. The average molecular weight is 351 g/mol. The van der Waals surface area contributed by atoms with Crippen molar-refractivity contribution in [1.82, 2.24) is 4.90 Å². The van der Waals surface area contributed by atoms with Crippen LogP contribution >= 0.6 is 11.8 Å². The molecule has 0 bridgehead atoms. The van der Waals surface area contributed by atoms with Gasteiger partial charge in [-0.05, 0) is 49.9 Å². The van der Waals surface area contributed by atoms with Crippen LogP contribution in [-0.2, 0) is 14.3 Å². The first-order valence-electron chi connectivity index (χ1n) is 7.33. The van der Waals surface area contributed by atoms with Crippen molar-refractivity contribution in [2.75, 3.05) is 19.8 Å². The number of nitrogens with zero attached hydrogens (tertiary/aromatic N) is 1. The van der Waals surface area contributed by atoms with Crippen LogP contribution < -0.4 is 4.74 Å². The minimum Gasteiger partial charge on any atom is -0.507 e. The second-order valence-electron chi connectivity index (χ2n) is 4.73. The number of benzene rings is 1. The summed E-state index contributed by atoms with van der Waals surface area (Å²) in [6, 6.07) is 4.61. The van der Waals surface area contributed by atoms with E-state index in [9.17, 15) is 19.5 Å². The molecule has 7 nitrogen and oxygen atoms in total. The Balaban J connectivity index is 2.22. The normalized spacial score (nSPS) is 15.9. The van der Waals surface area contributed by atoms with Crippen molar-refractivity contribution < 1.29 is 29.0 Å². The molecule has 1 aromatic rings. The molecular weight excluding hydrogens is 334 g/mol. The number of phenolic OH excluding ortho intramolecular Hbond substituents is 1. The first kappa shape index (κ1) is 17.9. The topological polar surface area (TPSA) is 93.1 Å². The summed E-state index contributed by atoms with van der Waals surface area (Å²) < 4.78 is 10.1. The van der Waals surface area contributed by atoms with Crippen molar-refractivity contribution >= 4 is 35.0 Å². The number of ether oxygens (including phenoxy) is 2. The van der Waals surface area contributed by atoms with Gasteiger partial charge in [0.25, 0.3) is 11.1 Å². The number of aromatic hydroxyl groups is 1. The number of imide groups is 1. The van der Waals surface area contributed by atoms with E-state index < -0.39 is 23.7 Å². The van der Waals surface area contributed by atoms with Crippen LogP contribution in [0.5, 0.6) is 11.5 Å². The molecule has 8 heteroatoms. The molecule has 0 aliphatic carbocycles. The average Bonchev–Trinajstić information content (AvgIpc) is 2.79. The van der Waals surface area contributed by atoms with E-state index in [1.165, 1.54) is 12.1 Å². The Bertz CT molecular complexity index is 700. The van der Waals surface area contributed by atoms with Gasteiger partial charge in [0, 0.05) is 5.56 Å². The lowest BCUT2D eigenvalue weighted by molar-refractivity contribution is -0.145. The molecule has 1 heterocycles. The van der Waals surface area contributed by atoms with Crippen LogP contribution in [0, 0.1) is 0 Å². The van der Waals surface area contributed by atoms with Crippen LogP contribution in [0.15, 0.2) is 23.1 Å². The molecule has 1 fully saturated rings. The molecule has 1 N–H and O–H groups in total. The minimum atomic E-state index is -0.651. The molecule has 1 saturated heterocycles. The van der Waals surface area contributed by atoms with Gasteiger partial charge in [0.2, 0.25) is 0 Å². The number of thioether (sulfide) groups is 1. The molecule has 1 aliphatic heterocycles. The lowest BCUT2D eigenvalue weighted by Gasteiger charge is -2.10. The van der Waals surface area contributed by atoms with Crippen LogP contribution in [0.4, 0.5) is 4.79 Å². The van der Waals surface area contributed by atoms with Crippen molar-refractivity contribution in [2.45, 2.75) is 13.8 Å². The molecule has 2 amide bonds. The van der Waals surface area contributed by atoms with Crippen LogP contribution in [-0.4, -0.2) is 46.9 Å². The van der Waals surface area contributed by atoms with Gasteiger partial charge >= 0.3 is 5.97 Å². The number of carbonyl (C=O) groups excluding carboxylic acids is 3. The van der Waals surface area contributed by atoms with E-state index >= 15 is 0 Å². The highest BCUT2D eigenvalue weighted by Crippen LogP contribution is 2.34. The summed E-state index contributed by atoms with van der Waals surface area (Å²) >= 11 is 0.703. The molecule has 2 rings (SSSR count). The van der Waals surface area contributed by atoms with Gasteiger partial charge in [-0.2, -0.15) is 0 Å². The summed E-state index contributed by atoms with van der Waals surface area (Å²) in [5.74, 6) is -0.760. The summed E-state index contributed by atoms with van der Waals surface area (Å²) in [7, 11) is 0. The molecule has 128 valence electrons. The van der Waals surface area contributed by atoms with Gasteiger partial charge < -0.3 is 14.6 Å². The number of hydrogen-bond acceptors (Lipinski definition) is 7. The third kappa shape index (κ3) is 4.08. The van der Waals surface area contributed by atoms with Crippen LogP contribution in [0.1, 0.15) is 19.4 Å². The Morgan fingerprint density at radius 3 is 2.71 bits per heavy atom. The maximum absolute atomic E-state index is 12.3. The molecule has 0 unspecified atom stereocenters. The zero-order valence-corrected chi connectivity index (χ0v) is 14.1. The van der Waals surface area contributed by atoms with Crippen LogP contribution in [0.25, 0.3) is 6.08 Å². The quantitative estimate of drug-likeness (QED) is 0.621. The summed E-state index contributed by atoms with van der Waals surface area (Å²) in [5.41, 5.74) is 0.350. The highest BCUT2D eigenvalue weighted by atomic mass is 32.2. The molecule has 0 spiro atoms. The fraction of sp³-hybridized carbons (Fsp3) is 0.312. The molecular formula is C16H17NO6S. The fourth-order valence-corrected chi connectivity index (χ4v) is 2.85. The molecule has 24 heavy (non-hydrogen) atoms. The van der Waals surface area contributed by atoms with Crippen LogP contribution in [0.2, 0.25) is 0 Å². The third-order valence-electron chi connectivity index (χ3n) is 3.06. The van der Waals surface area contributed by atoms with Crippen molar-refractivity contribution in [3.8, 4) is 11.5 Å². The van der Waals surface area contributed by atoms with Crippen molar-refractivity contribution in [3.63, 3.8) is 0 Å². The Morgan fingerprint density at radius 1 is 1.29 bits per heavy atom. The smallest absolute Gasteiger partial charge is 0.326 e. The van der Waals surface area contributed by atoms with Gasteiger partial charge in [-0.25, -0.2) is 0 Å². The number of hydrogen-bond donors (Lipinski definition) is 1. The van der Waals surface area contributed by atoms with E-state index in [0.29, 0.717) is 29.7 Å². The second kappa shape index (κ2) is 7.87. The van der Waals surface area contributed by atoms with Crippen molar-refractivity contribution in [1.29, 1.82) is 0 Å². The van der Waals surface area contributed by atoms with Crippen molar-refractivity contribution in [3.05, 3.63) is 28.7 Å². The van der Waals surface area contributed by atoms with Gasteiger partial charge in [-0.3, -0.25) is 19.3 Å².